The van der Waals surface area contributed by atoms with Gasteiger partial charge in [-0.15, -0.1) is 0 Å². The van der Waals surface area contributed by atoms with E-state index in [4.69, 9.17) is 0 Å². The van der Waals surface area contributed by atoms with Crippen molar-refractivity contribution in [1.29, 1.82) is 0 Å². The molecule has 2 aromatic rings. The van der Waals surface area contributed by atoms with E-state index in [2.05, 4.69) is 21.2 Å². The van der Waals surface area contributed by atoms with E-state index in [0.717, 1.165) is 15.6 Å². The standard InChI is InChI=1S/C14H13BrN2O2/c1-10-5-4-8-13(17(18)19)14(10)16-9-11-6-2-3-7-12(11)15/h2-8,16H,9H2,1H3. The van der Waals surface area contributed by atoms with Gasteiger partial charge in [0.25, 0.3) is 5.69 Å². The van der Waals surface area contributed by atoms with E-state index in [1.807, 2.05) is 37.3 Å². The van der Waals surface area contributed by atoms with Crippen molar-refractivity contribution in [2.24, 2.45) is 0 Å². The minimum absolute atomic E-state index is 0.104. The lowest BCUT2D eigenvalue weighted by Gasteiger charge is -2.11. The first-order valence-electron chi connectivity index (χ1n) is 5.81. The highest BCUT2D eigenvalue weighted by Crippen LogP contribution is 2.28. The molecule has 0 atom stereocenters. The molecule has 19 heavy (non-hydrogen) atoms. The maximum absolute atomic E-state index is 11.0. The van der Waals surface area contributed by atoms with Gasteiger partial charge in [-0.3, -0.25) is 10.1 Å². The van der Waals surface area contributed by atoms with Gasteiger partial charge in [-0.05, 0) is 24.1 Å². The summed E-state index contributed by atoms with van der Waals surface area (Å²) in [4.78, 5) is 10.6. The average Bonchev–Trinajstić information content (AvgIpc) is 2.38. The number of nitro benzene ring substituents is 1. The van der Waals surface area contributed by atoms with Crippen molar-refractivity contribution in [1.82, 2.24) is 0 Å². The minimum atomic E-state index is -0.366. The van der Waals surface area contributed by atoms with Crippen LogP contribution in [0.3, 0.4) is 0 Å². The quantitative estimate of drug-likeness (QED) is 0.675. The molecule has 1 N–H and O–H groups in total. The zero-order valence-electron chi connectivity index (χ0n) is 10.4. The summed E-state index contributed by atoms with van der Waals surface area (Å²) < 4.78 is 0.985. The highest BCUT2D eigenvalue weighted by molar-refractivity contribution is 9.10. The lowest BCUT2D eigenvalue weighted by Crippen LogP contribution is -2.04. The molecule has 0 aliphatic heterocycles. The summed E-state index contributed by atoms with van der Waals surface area (Å²) in [6, 6.07) is 12.9. The van der Waals surface area contributed by atoms with Crippen molar-refractivity contribution in [3.63, 3.8) is 0 Å². The van der Waals surface area contributed by atoms with Crippen LogP contribution in [0.5, 0.6) is 0 Å². The van der Waals surface area contributed by atoms with Crippen LogP contribution in [0, 0.1) is 17.0 Å². The number of anilines is 1. The molecule has 0 saturated carbocycles. The van der Waals surface area contributed by atoms with E-state index >= 15 is 0 Å². The Morgan fingerprint density at radius 2 is 1.95 bits per heavy atom. The number of aryl methyl sites for hydroxylation is 1. The number of hydrogen-bond donors (Lipinski definition) is 1. The van der Waals surface area contributed by atoms with Crippen molar-refractivity contribution >= 4 is 27.3 Å². The van der Waals surface area contributed by atoms with E-state index in [1.54, 1.807) is 6.07 Å². The number of nitrogens with one attached hydrogen (secondary N) is 1. The number of rotatable bonds is 4. The van der Waals surface area contributed by atoms with Gasteiger partial charge in [0.1, 0.15) is 5.69 Å². The molecule has 2 aromatic carbocycles. The summed E-state index contributed by atoms with van der Waals surface area (Å²) in [6.45, 7) is 2.39. The Labute approximate surface area is 119 Å². The molecule has 0 amide bonds. The second-order valence-corrected chi connectivity index (χ2v) is 5.03. The van der Waals surface area contributed by atoms with Crippen LogP contribution in [0.25, 0.3) is 0 Å². The van der Waals surface area contributed by atoms with Gasteiger partial charge >= 0.3 is 0 Å². The number of nitro groups is 1. The number of hydrogen-bond acceptors (Lipinski definition) is 3. The molecule has 0 radical (unpaired) electrons. The monoisotopic (exact) mass is 320 g/mol. The molecule has 0 spiro atoms. The molecule has 0 unspecified atom stereocenters. The third kappa shape index (κ3) is 3.12. The Balaban J connectivity index is 2.25. The molecule has 98 valence electrons. The van der Waals surface area contributed by atoms with Gasteiger partial charge in [0, 0.05) is 17.1 Å². The minimum Gasteiger partial charge on any atom is -0.375 e. The summed E-state index contributed by atoms with van der Waals surface area (Å²) in [5.74, 6) is 0. The van der Waals surface area contributed by atoms with E-state index in [0.29, 0.717) is 12.2 Å². The Morgan fingerprint density at radius 3 is 2.63 bits per heavy atom. The van der Waals surface area contributed by atoms with Crippen LogP contribution < -0.4 is 5.32 Å². The first kappa shape index (κ1) is 13.5. The normalized spacial score (nSPS) is 10.2. The molecule has 0 saturated heterocycles. The first-order valence-corrected chi connectivity index (χ1v) is 6.60. The molecule has 0 bridgehead atoms. The van der Waals surface area contributed by atoms with E-state index in [9.17, 15) is 10.1 Å². The van der Waals surface area contributed by atoms with E-state index < -0.39 is 0 Å². The summed E-state index contributed by atoms with van der Waals surface area (Å²) >= 11 is 3.46. The second kappa shape index (κ2) is 5.84. The third-order valence-corrected chi connectivity index (χ3v) is 3.63. The molecule has 2 rings (SSSR count). The van der Waals surface area contributed by atoms with Crippen molar-refractivity contribution < 1.29 is 4.92 Å². The van der Waals surface area contributed by atoms with Crippen molar-refractivity contribution in [3.05, 3.63) is 68.2 Å². The lowest BCUT2D eigenvalue weighted by molar-refractivity contribution is -0.384. The predicted octanol–water partition coefficient (Wildman–Crippen LogP) is 4.28. The van der Waals surface area contributed by atoms with Gasteiger partial charge in [-0.2, -0.15) is 0 Å². The summed E-state index contributed by atoms with van der Waals surface area (Å²) in [5.41, 5.74) is 2.59. The number of para-hydroxylation sites is 1. The molecule has 0 aromatic heterocycles. The SMILES string of the molecule is Cc1cccc([N+](=O)[O-])c1NCc1ccccc1Br. The fraction of sp³-hybridized carbons (Fsp3) is 0.143. The highest BCUT2D eigenvalue weighted by Gasteiger charge is 2.15. The molecular weight excluding hydrogens is 308 g/mol. The molecule has 0 aliphatic carbocycles. The number of benzene rings is 2. The largest absolute Gasteiger partial charge is 0.375 e. The smallest absolute Gasteiger partial charge is 0.292 e. The summed E-state index contributed by atoms with van der Waals surface area (Å²) in [7, 11) is 0. The van der Waals surface area contributed by atoms with Crippen LogP contribution >= 0.6 is 15.9 Å². The van der Waals surface area contributed by atoms with Gasteiger partial charge in [-0.25, -0.2) is 0 Å². The molecule has 0 aliphatic rings. The third-order valence-electron chi connectivity index (χ3n) is 2.86. The van der Waals surface area contributed by atoms with Crippen LogP contribution in [-0.2, 0) is 6.54 Å². The molecule has 0 heterocycles. The summed E-state index contributed by atoms with van der Waals surface area (Å²) in [5, 5.41) is 14.2. The van der Waals surface area contributed by atoms with Crippen LogP contribution in [-0.4, -0.2) is 4.92 Å². The average molecular weight is 321 g/mol. The Morgan fingerprint density at radius 1 is 1.21 bits per heavy atom. The Kier molecular flexibility index (Phi) is 4.16. The van der Waals surface area contributed by atoms with Gasteiger partial charge in [0.2, 0.25) is 0 Å². The van der Waals surface area contributed by atoms with Gasteiger partial charge in [-0.1, -0.05) is 46.3 Å². The maximum Gasteiger partial charge on any atom is 0.292 e. The van der Waals surface area contributed by atoms with Crippen LogP contribution in [0.1, 0.15) is 11.1 Å². The molecular formula is C14H13BrN2O2. The summed E-state index contributed by atoms with van der Waals surface area (Å²) in [6.07, 6.45) is 0. The topological polar surface area (TPSA) is 55.2 Å². The second-order valence-electron chi connectivity index (χ2n) is 4.17. The first-order chi connectivity index (χ1) is 9.09. The van der Waals surface area contributed by atoms with Gasteiger partial charge in [0.05, 0.1) is 4.92 Å². The highest BCUT2D eigenvalue weighted by atomic mass is 79.9. The number of halogens is 1. The lowest BCUT2D eigenvalue weighted by atomic mass is 10.1. The predicted molar refractivity (Wildman–Crippen MR) is 79.3 cm³/mol. The van der Waals surface area contributed by atoms with Gasteiger partial charge < -0.3 is 5.32 Å². The zero-order valence-corrected chi connectivity index (χ0v) is 12.0. The van der Waals surface area contributed by atoms with Crippen LogP contribution in [0.4, 0.5) is 11.4 Å². The fourth-order valence-electron chi connectivity index (χ4n) is 1.86. The van der Waals surface area contributed by atoms with Crippen LogP contribution in [0.15, 0.2) is 46.9 Å². The molecule has 0 fully saturated rings. The van der Waals surface area contributed by atoms with Crippen LogP contribution in [0.2, 0.25) is 0 Å². The van der Waals surface area contributed by atoms with Gasteiger partial charge in [0.15, 0.2) is 0 Å². The molecule has 5 heteroatoms. The Bertz CT molecular complexity index is 614. The fourth-order valence-corrected chi connectivity index (χ4v) is 2.28. The number of nitrogens with zero attached hydrogens (tertiary/aromatic N) is 1. The molecule has 4 nitrogen and oxygen atoms in total. The maximum atomic E-state index is 11.0. The van der Waals surface area contributed by atoms with Crippen molar-refractivity contribution in [3.8, 4) is 0 Å². The zero-order chi connectivity index (χ0) is 13.8. The van der Waals surface area contributed by atoms with Crippen molar-refractivity contribution in [2.45, 2.75) is 13.5 Å². The Hall–Kier alpha value is -1.88. The van der Waals surface area contributed by atoms with E-state index in [1.165, 1.54) is 6.07 Å². The van der Waals surface area contributed by atoms with Crippen molar-refractivity contribution in [2.75, 3.05) is 5.32 Å². The van der Waals surface area contributed by atoms with E-state index in [-0.39, 0.29) is 10.6 Å².